The number of benzene rings is 3. The summed E-state index contributed by atoms with van der Waals surface area (Å²) in [5.74, 6) is -0.0224. The second-order valence-electron chi connectivity index (χ2n) is 7.21. The Kier molecular flexibility index (Phi) is 6.44. The van der Waals surface area contributed by atoms with E-state index in [4.69, 9.17) is 27.9 Å². The van der Waals surface area contributed by atoms with Crippen LogP contribution in [0.1, 0.15) is 27.5 Å². The van der Waals surface area contributed by atoms with Crippen molar-refractivity contribution in [3.63, 3.8) is 0 Å². The predicted molar refractivity (Wildman–Crippen MR) is 123 cm³/mol. The smallest absolute Gasteiger partial charge is 0.304 e. The number of carbonyl (C=O) groups excluding carboxylic acids is 2. The highest BCUT2D eigenvalue weighted by Gasteiger charge is 2.47. The first-order valence-corrected chi connectivity index (χ1v) is 10.6. The molecule has 1 aliphatic rings. The minimum Gasteiger partial charge on any atom is -0.497 e. The Morgan fingerprint density at radius 2 is 1.72 bits per heavy atom. The first kappa shape index (κ1) is 21.9. The second kappa shape index (κ2) is 9.42. The lowest BCUT2D eigenvalue weighted by Gasteiger charge is -2.15. The third-order valence-corrected chi connectivity index (χ3v) is 5.77. The Hall–Kier alpha value is -3.35. The molecule has 0 radical (unpaired) electrons. The number of hydrazone groups is 1. The van der Waals surface area contributed by atoms with E-state index >= 15 is 0 Å². The summed E-state index contributed by atoms with van der Waals surface area (Å²) in [6.45, 7) is 0. The zero-order valence-corrected chi connectivity index (χ0v) is 18.6. The minimum atomic E-state index is -0.842. The number of ether oxygens (including phenoxy) is 1. The van der Waals surface area contributed by atoms with E-state index in [1.54, 1.807) is 48.3 Å². The van der Waals surface area contributed by atoms with Gasteiger partial charge in [-0.3, -0.25) is 9.59 Å². The summed E-state index contributed by atoms with van der Waals surface area (Å²) < 4.78 is 6.91. The lowest BCUT2D eigenvalue weighted by molar-refractivity contribution is -0.596. The number of nitrogens with one attached hydrogen (secondary N) is 2. The topological polar surface area (TPSA) is 70.4 Å². The minimum absolute atomic E-state index is 0.337. The van der Waals surface area contributed by atoms with Crippen LogP contribution in [-0.4, -0.2) is 35.9 Å². The summed E-state index contributed by atoms with van der Waals surface area (Å²) >= 11 is 12.2. The molecule has 3 aromatic carbocycles. The number of halogens is 2. The lowest BCUT2D eigenvalue weighted by Crippen LogP contribution is -2.42. The molecule has 8 heteroatoms. The molecule has 0 spiro atoms. The molecular weight excluding hydrogens is 449 g/mol. The van der Waals surface area contributed by atoms with Crippen LogP contribution in [0.15, 0.2) is 72.8 Å². The van der Waals surface area contributed by atoms with Gasteiger partial charge >= 0.3 is 5.91 Å². The third-order valence-electron chi connectivity index (χ3n) is 5.17. The molecule has 2 N–H and O–H groups in total. The Labute approximate surface area is 195 Å². The van der Waals surface area contributed by atoms with Gasteiger partial charge in [0.2, 0.25) is 12.3 Å². The molecule has 4 rings (SSSR count). The van der Waals surface area contributed by atoms with E-state index in [0.717, 1.165) is 11.1 Å². The molecule has 1 aliphatic heterocycles. The summed E-state index contributed by atoms with van der Waals surface area (Å²) in [5, 5.41) is 3.92. The molecule has 1 heterocycles. The molecule has 2 amide bonds. The number of hydrazine groups is 1. The van der Waals surface area contributed by atoms with Crippen molar-refractivity contribution in [3.05, 3.63) is 99.5 Å². The Morgan fingerprint density at radius 1 is 1.03 bits per heavy atom. The van der Waals surface area contributed by atoms with Crippen LogP contribution in [0.3, 0.4) is 0 Å². The fourth-order valence-electron chi connectivity index (χ4n) is 3.54. The molecule has 0 aliphatic carbocycles. The number of rotatable bonds is 5. The number of amides is 2. The molecule has 0 aromatic heterocycles. The van der Waals surface area contributed by atoms with Gasteiger partial charge < -0.3 is 10.1 Å². The van der Waals surface area contributed by atoms with Gasteiger partial charge in [-0.15, -0.1) is 10.1 Å². The van der Waals surface area contributed by atoms with Gasteiger partial charge in [0.25, 0.3) is 5.91 Å². The summed E-state index contributed by atoms with van der Waals surface area (Å²) in [6.07, 6.45) is 1.75. The fourth-order valence-corrected chi connectivity index (χ4v) is 3.85. The van der Waals surface area contributed by atoms with Crippen LogP contribution in [0.25, 0.3) is 0 Å². The Morgan fingerprint density at radius 3 is 2.38 bits per heavy atom. The van der Waals surface area contributed by atoms with Gasteiger partial charge in [0.05, 0.1) is 17.7 Å². The van der Waals surface area contributed by atoms with Crippen molar-refractivity contribution in [2.24, 2.45) is 0 Å². The number of carbonyl (C=O) groups is 2. The molecule has 0 unspecified atom stereocenters. The molecule has 2 atom stereocenters. The number of methoxy groups -OCH3 is 1. The van der Waals surface area contributed by atoms with Crippen molar-refractivity contribution in [1.29, 1.82) is 0 Å². The number of hydrogen-bond donors (Lipinski definition) is 2. The van der Waals surface area contributed by atoms with E-state index in [-0.39, 0.29) is 11.8 Å². The molecule has 1 saturated heterocycles. The van der Waals surface area contributed by atoms with Crippen molar-refractivity contribution >= 4 is 41.2 Å². The van der Waals surface area contributed by atoms with Gasteiger partial charge in [-0.05, 0) is 60.7 Å². The van der Waals surface area contributed by atoms with Crippen molar-refractivity contribution in [3.8, 4) is 5.75 Å². The van der Waals surface area contributed by atoms with Crippen molar-refractivity contribution in [2.45, 2.75) is 12.1 Å². The molecule has 0 bridgehead atoms. The van der Waals surface area contributed by atoms with E-state index in [1.807, 2.05) is 42.5 Å². The van der Waals surface area contributed by atoms with Crippen molar-refractivity contribution < 1.29 is 19.0 Å². The highest BCUT2D eigenvalue weighted by atomic mass is 35.5. The average Bonchev–Trinajstić information content (AvgIpc) is 3.10. The second-order valence-corrected chi connectivity index (χ2v) is 8.05. The van der Waals surface area contributed by atoms with Crippen molar-refractivity contribution in [2.75, 3.05) is 7.11 Å². The Bertz CT molecular complexity index is 1180. The monoisotopic (exact) mass is 468 g/mol. The predicted octanol–water partition coefficient (Wildman–Crippen LogP) is 4.02. The Balaban J connectivity index is 1.71. The highest BCUT2D eigenvalue weighted by Crippen LogP contribution is 2.28. The van der Waals surface area contributed by atoms with Gasteiger partial charge in [-0.2, -0.15) is 0 Å². The zero-order valence-electron chi connectivity index (χ0n) is 17.1. The SMILES string of the molecule is COc1ccc([C@H]2[C@@H](NC(=O)c3ccc(Cl)cc3)C(=O)N/[N+]2=C\c2ccccc2Cl)cc1. The molecule has 0 saturated carbocycles. The van der Waals surface area contributed by atoms with E-state index in [0.29, 0.717) is 21.4 Å². The third kappa shape index (κ3) is 4.61. The molecule has 3 aromatic rings. The van der Waals surface area contributed by atoms with E-state index in [2.05, 4.69) is 10.7 Å². The zero-order chi connectivity index (χ0) is 22.7. The molecule has 162 valence electrons. The fraction of sp³-hybridized carbons (Fsp3) is 0.125. The van der Waals surface area contributed by atoms with Crippen LogP contribution in [0.4, 0.5) is 0 Å². The van der Waals surface area contributed by atoms with Crippen LogP contribution in [0.5, 0.6) is 5.75 Å². The average molecular weight is 469 g/mol. The van der Waals surface area contributed by atoms with E-state index in [1.165, 1.54) is 0 Å². The summed E-state index contributed by atoms with van der Waals surface area (Å²) in [4.78, 5) is 25.8. The standard InChI is InChI=1S/C24H19Cl2N3O3/c1-32-19-12-8-15(9-13-19)22-21(27-23(30)16-6-10-18(25)11-7-16)24(31)28-29(22)14-17-4-2-3-5-20(17)26/h2-14,21-22H,1H3,(H-,27,28,30,31)/p+1/b29-14-/t21-,22+/m1/s1. The lowest BCUT2D eigenvalue weighted by atomic mass is 9.99. The molecule has 6 nitrogen and oxygen atoms in total. The van der Waals surface area contributed by atoms with Crippen LogP contribution in [-0.2, 0) is 4.79 Å². The maximum atomic E-state index is 12.9. The molecular formula is C24H20Cl2N3O3+. The molecule has 32 heavy (non-hydrogen) atoms. The summed E-state index contributed by atoms with van der Waals surface area (Å²) in [6, 6.07) is 19.8. The maximum Gasteiger partial charge on any atom is 0.304 e. The van der Waals surface area contributed by atoms with Crippen molar-refractivity contribution in [1.82, 2.24) is 10.7 Å². The van der Waals surface area contributed by atoms with Gasteiger partial charge in [-0.25, -0.2) is 0 Å². The first-order chi connectivity index (χ1) is 15.5. The van der Waals surface area contributed by atoms with Crippen LogP contribution >= 0.6 is 23.2 Å². The van der Waals surface area contributed by atoms with Gasteiger partial charge in [0, 0.05) is 16.1 Å². The van der Waals surface area contributed by atoms with E-state index in [9.17, 15) is 9.59 Å². The number of hydrogen-bond acceptors (Lipinski definition) is 3. The summed E-state index contributed by atoms with van der Waals surface area (Å²) in [7, 11) is 1.59. The number of nitrogens with zero attached hydrogens (tertiary/aromatic N) is 1. The summed E-state index contributed by atoms with van der Waals surface area (Å²) in [5.41, 5.74) is 4.79. The maximum absolute atomic E-state index is 12.9. The van der Waals surface area contributed by atoms with E-state index < -0.39 is 12.1 Å². The van der Waals surface area contributed by atoms with Gasteiger partial charge in [0.1, 0.15) is 5.75 Å². The van der Waals surface area contributed by atoms with Gasteiger partial charge in [-0.1, -0.05) is 35.3 Å². The quantitative estimate of drug-likeness (QED) is 0.555. The van der Waals surface area contributed by atoms with Gasteiger partial charge in [0.15, 0.2) is 6.04 Å². The highest BCUT2D eigenvalue weighted by molar-refractivity contribution is 6.33. The molecule has 1 fully saturated rings. The van der Waals surface area contributed by atoms with Crippen LogP contribution < -0.4 is 15.5 Å². The largest absolute Gasteiger partial charge is 0.497 e. The first-order valence-electron chi connectivity index (χ1n) is 9.85. The van der Waals surface area contributed by atoms with Crippen LogP contribution in [0, 0.1) is 0 Å². The van der Waals surface area contributed by atoms with Crippen LogP contribution in [0.2, 0.25) is 10.0 Å². The normalized spacial score (nSPS) is 19.0.